The first-order valence-corrected chi connectivity index (χ1v) is 14.7. The number of esters is 1. The first-order chi connectivity index (χ1) is 19.3. The van der Waals surface area contributed by atoms with Gasteiger partial charge in [0, 0.05) is 0 Å². The molecule has 4 N–H and O–H groups in total. The standard InChI is InChI=1S/C24H31F3N5O8P/c1-14(22(35)39-15-5-3-2-4-6-15)9-41(36,38-12-24(25,26)27)37-11-23(10-28)20(34)18(33)19(40-23)16-7-8-17-21(29)30-13-31-32(16)17/h7-8,13-15,18-20,33-34H,2-6,9,11-12H2,1H3,(H2,29,30,31)/t14-,18+,19+,20+,23-,41?/m1/s1. The number of aromatic nitrogens is 3. The normalized spacial score (nSPS) is 27.8. The van der Waals surface area contributed by atoms with Crippen LogP contribution in [0.5, 0.6) is 0 Å². The molecule has 13 nitrogen and oxygen atoms in total. The number of halogens is 3. The molecular weight excluding hydrogens is 574 g/mol. The second-order valence-corrected chi connectivity index (χ2v) is 12.3. The number of hydrogen-bond acceptors (Lipinski definition) is 12. The highest BCUT2D eigenvalue weighted by Gasteiger charge is 2.57. The molecule has 1 aliphatic heterocycles. The van der Waals surface area contributed by atoms with E-state index in [4.69, 9.17) is 19.7 Å². The molecule has 2 fully saturated rings. The molecule has 41 heavy (non-hydrogen) atoms. The van der Waals surface area contributed by atoms with Gasteiger partial charge >= 0.3 is 19.7 Å². The summed E-state index contributed by atoms with van der Waals surface area (Å²) in [5.74, 6) is -1.85. The van der Waals surface area contributed by atoms with E-state index in [2.05, 4.69) is 14.6 Å². The summed E-state index contributed by atoms with van der Waals surface area (Å²) in [6, 6.07) is 4.65. The average Bonchev–Trinajstić information content (AvgIpc) is 3.47. The van der Waals surface area contributed by atoms with Crippen molar-refractivity contribution in [1.29, 1.82) is 5.26 Å². The molecule has 0 bridgehead atoms. The number of nitrogens with zero attached hydrogens (tertiary/aromatic N) is 4. The molecule has 3 heterocycles. The lowest BCUT2D eigenvalue weighted by Crippen LogP contribution is -2.45. The van der Waals surface area contributed by atoms with Crippen LogP contribution in [-0.4, -0.2) is 80.2 Å². The van der Waals surface area contributed by atoms with Gasteiger partial charge in [-0.3, -0.25) is 13.9 Å². The Labute approximate surface area is 232 Å². The Hall–Kier alpha value is -2.80. The molecule has 1 unspecified atom stereocenters. The molecule has 0 aromatic carbocycles. The number of aliphatic hydroxyl groups excluding tert-OH is 2. The number of nitrogen functional groups attached to an aromatic ring is 1. The lowest BCUT2D eigenvalue weighted by Gasteiger charge is -2.28. The van der Waals surface area contributed by atoms with Crippen LogP contribution >= 0.6 is 7.60 Å². The van der Waals surface area contributed by atoms with Crippen LogP contribution in [0.2, 0.25) is 0 Å². The van der Waals surface area contributed by atoms with E-state index in [0.717, 1.165) is 25.6 Å². The predicted molar refractivity (Wildman–Crippen MR) is 134 cm³/mol. The Morgan fingerprint density at radius 2 is 2.02 bits per heavy atom. The van der Waals surface area contributed by atoms with Crippen molar-refractivity contribution in [3.8, 4) is 6.07 Å². The molecule has 1 saturated heterocycles. The Balaban J connectivity index is 1.51. The van der Waals surface area contributed by atoms with Crippen molar-refractivity contribution in [1.82, 2.24) is 14.6 Å². The molecule has 226 valence electrons. The van der Waals surface area contributed by atoms with Gasteiger partial charge in [-0.05, 0) is 37.8 Å². The molecule has 0 spiro atoms. The third-order valence-electron chi connectivity index (χ3n) is 7.08. The van der Waals surface area contributed by atoms with Crippen LogP contribution in [0.25, 0.3) is 5.52 Å². The average molecular weight is 606 g/mol. The number of rotatable bonds is 10. The van der Waals surface area contributed by atoms with Gasteiger partial charge in [0.2, 0.25) is 5.60 Å². The van der Waals surface area contributed by atoms with E-state index < -0.39 is 68.9 Å². The molecule has 17 heteroatoms. The van der Waals surface area contributed by atoms with Crippen LogP contribution in [0.15, 0.2) is 18.5 Å². The van der Waals surface area contributed by atoms with Gasteiger partial charge in [0.1, 0.15) is 48.9 Å². The summed E-state index contributed by atoms with van der Waals surface area (Å²) in [6.07, 6.45) is -5.90. The maximum Gasteiger partial charge on any atom is 0.412 e. The Bertz CT molecular complexity index is 1330. The van der Waals surface area contributed by atoms with E-state index in [0.29, 0.717) is 18.4 Å². The van der Waals surface area contributed by atoms with E-state index in [-0.39, 0.29) is 17.6 Å². The monoisotopic (exact) mass is 605 g/mol. The fourth-order valence-electron chi connectivity index (χ4n) is 4.86. The third kappa shape index (κ3) is 6.99. The molecule has 2 aliphatic rings. The first kappa shape index (κ1) is 31.1. The number of carbonyl (C=O) groups excluding carboxylic acids is 1. The number of ether oxygens (including phenoxy) is 2. The van der Waals surface area contributed by atoms with Gasteiger partial charge in [0.15, 0.2) is 12.4 Å². The highest BCUT2D eigenvalue weighted by Crippen LogP contribution is 2.53. The fraction of sp³-hybridized carbons (Fsp3) is 0.667. The number of nitrogens with two attached hydrogens (primary N) is 1. The van der Waals surface area contributed by atoms with Gasteiger partial charge in [-0.1, -0.05) is 13.3 Å². The molecular formula is C24H31F3N5O8P. The number of carbonyl (C=O) groups is 1. The first-order valence-electron chi connectivity index (χ1n) is 13.0. The maximum atomic E-state index is 13.5. The van der Waals surface area contributed by atoms with Crippen molar-refractivity contribution in [2.24, 2.45) is 5.92 Å². The minimum atomic E-state index is -4.89. The number of nitriles is 1. The summed E-state index contributed by atoms with van der Waals surface area (Å²) in [6.45, 7) is -1.71. The SMILES string of the molecule is C[C@H](CP(=O)(OCC(F)(F)F)OC[C@@]1(C#N)O[C@@H](c2ccc3c(N)ncnn23)[C@H](O)[C@@H]1O)C(=O)OC1CCCCC1. The van der Waals surface area contributed by atoms with Crippen molar-refractivity contribution < 1.29 is 51.3 Å². The van der Waals surface area contributed by atoms with Crippen molar-refractivity contribution in [2.45, 2.75) is 75.2 Å². The summed E-state index contributed by atoms with van der Waals surface area (Å²) in [5.41, 5.74) is 3.96. The number of anilines is 1. The van der Waals surface area contributed by atoms with Crippen molar-refractivity contribution >= 4 is 24.9 Å². The molecule has 4 rings (SSSR count). The van der Waals surface area contributed by atoms with Crippen LogP contribution in [0.1, 0.15) is 50.8 Å². The molecule has 2 aromatic rings. The maximum absolute atomic E-state index is 13.5. The fourth-order valence-corrected chi connectivity index (χ4v) is 6.69. The largest absolute Gasteiger partial charge is 0.462 e. The Kier molecular flexibility index (Phi) is 9.27. The highest BCUT2D eigenvalue weighted by molar-refractivity contribution is 7.53. The lowest BCUT2D eigenvalue weighted by molar-refractivity contribution is -0.157. The summed E-state index contributed by atoms with van der Waals surface area (Å²) < 4.78 is 74.8. The van der Waals surface area contributed by atoms with E-state index in [1.165, 1.54) is 23.6 Å². The summed E-state index contributed by atoms with van der Waals surface area (Å²) in [4.78, 5) is 16.5. The van der Waals surface area contributed by atoms with Crippen molar-refractivity contribution in [3.63, 3.8) is 0 Å². The van der Waals surface area contributed by atoms with E-state index in [1.807, 2.05) is 0 Å². The van der Waals surface area contributed by atoms with Crippen LogP contribution < -0.4 is 5.73 Å². The summed E-state index contributed by atoms with van der Waals surface area (Å²) in [5, 5.41) is 35.5. The van der Waals surface area contributed by atoms with Crippen LogP contribution in [-0.2, 0) is 27.9 Å². The van der Waals surface area contributed by atoms with Gasteiger partial charge in [0.25, 0.3) is 0 Å². The number of alkyl halides is 3. The summed E-state index contributed by atoms with van der Waals surface area (Å²) >= 11 is 0. The van der Waals surface area contributed by atoms with Crippen LogP contribution in [0, 0.1) is 17.2 Å². The zero-order chi connectivity index (χ0) is 30.0. The minimum Gasteiger partial charge on any atom is -0.462 e. The number of fused-ring (bicyclic) bond motifs is 1. The second kappa shape index (κ2) is 12.2. The molecule has 2 aromatic heterocycles. The Morgan fingerprint density at radius 3 is 2.68 bits per heavy atom. The highest BCUT2D eigenvalue weighted by atomic mass is 31.2. The minimum absolute atomic E-state index is 0.105. The van der Waals surface area contributed by atoms with Crippen LogP contribution in [0.4, 0.5) is 19.0 Å². The molecule has 0 radical (unpaired) electrons. The zero-order valence-electron chi connectivity index (χ0n) is 22.1. The summed E-state index contributed by atoms with van der Waals surface area (Å²) in [7, 11) is -4.75. The molecule has 1 saturated carbocycles. The third-order valence-corrected chi connectivity index (χ3v) is 9.12. The van der Waals surface area contributed by atoms with Gasteiger partial charge in [-0.25, -0.2) is 9.50 Å². The number of aliphatic hydroxyl groups is 2. The Morgan fingerprint density at radius 1 is 1.32 bits per heavy atom. The van der Waals surface area contributed by atoms with Gasteiger partial charge in [0.05, 0.1) is 17.8 Å². The topological polar surface area (TPSA) is 192 Å². The van der Waals surface area contributed by atoms with E-state index >= 15 is 0 Å². The zero-order valence-corrected chi connectivity index (χ0v) is 23.0. The van der Waals surface area contributed by atoms with E-state index in [9.17, 15) is 38.0 Å². The van der Waals surface area contributed by atoms with Gasteiger partial charge in [-0.15, -0.1) is 0 Å². The lowest BCUT2D eigenvalue weighted by atomic mass is 9.96. The molecule has 1 aliphatic carbocycles. The van der Waals surface area contributed by atoms with Crippen LogP contribution in [0.3, 0.4) is 0 Å². The number of hydrogen-bond donors (Lipinski definition) is 3. The van der Waals surface area contributed by atoms with Gasteiger partial charge < -0.3 is 29.9 Å². The molecule has 6 atom stereocenters. The van der Waals surface area contributed by atoms with Crippen molar-refractivity contribution in [3.05, 3.63) is 24.2 Å². The quantitative estimate of drug-likeness (QED) is 0.265. The molecule has 0 amide bonds. The second-order valence-electron chi connectivity index (χ2n) is 10.2. The van der Waals surface area contributed by atoms with E-state index in [1.54, 1.807) is 6.07 Å². The van der Waals surface area contributed by atoms with Gasteiger partial charge in [-0.2, -0.15) is 23.5 Å². The predicted octanol–water partition coefficient (Wildman–Crippen LogP) is 2.67. The van der Waals surface area contributed by atoms with Crippen molar-refractivity contribution in [2.75, 3.05) is 25.1 Å². The smallest absolute Gasteiger partial charge is 0.412 e.